The van der Waals surface area contributed by atoms with Crippen molar-refractivity contribution >= 4 is 16.8 Å². The van der Waals surface area contributed by atoms with Gasteiger partial charge >= 0.3 is 0 Å². The number of fused-ring (bicyclic) bond motifs is 1. The minimum absolute atomic E-state index is 0.0878. The number of amides is 1. The van der Waals surface area contributed by atoms with Crippen LogP contribution >= 0.6 is 0 Å². The lowest BCUT2D eigenvalue weighted by molar-refractivity contribution is 0.0816. The summed E-state index contributed by atoms with van der Waals surface area (Å²) in [7, 11) is 3.62. The molecule has 0 fully saturated rings. The summed E-state index contributed by atoms with van der Waals surface area (Å²) in [6.07, 6.45) is 2.22. The molecular formula is C16H22N2O. The van der Waals surface area contributed by atoms with E-state index in [0.29, 0.717) is 0 Å². The minimum atomic E-state index is 0.0878. The van der Waals surface area contributed by atoms with E-state index in [1.165, 1.54) is 10.9 Å². The van der Waals surface area contributed by atoms with Crippen molar-refractivity contribution in [3.63, 3.8) is 0 Å². The molecule has 0 saturated heterocycles. The zero-order valence-electron chi connectivity index (χ0n) is 12.2. The molecule has 0 aliphatic rings. The molecule has 0 aliphatic carbocycles. The molecule has 0 N–H and O–H groups in total. The highest BCUT2D eigenvalue weighted by molar-refractivity contribution is 6.01. The number of rotatable bonds is 4. The van der Waals surface area contributed by atoms with Crippen LogP contribution in [0, 0.1) is 6.92 Å². The van der Waals surface area contributed by atoms with E-state index in [2.05, 4.69) is 23.6 Å². The van der Waals surface area contributed by atoms with Crippen LogP contribution in [0.15, 0.2) is 24.3 Å². The van der Waals surface area contributed by atoms with Crippen molar-refractivity contribution in [2.45, 2.75) is 33.2 Å². The molecule has 0 atom stereocenters. The van der Waals surface area contributed by atoms with Gasteiger partial charge in [0.25, 0.3) is 5.91 Å². The van der Waals surface area contributed by atoms with Gasteiger partial charge in [-0.15, -0.1) is 0 Å². The summed E-state index contributed by atoms with van der Waals surface area (Å²) in [6, 6.07) is 8.27. The smallest absolute Gasteiger partial charge is 0.270 e. The van der Waals surface area contributed by atoms with E-state index in [4.69, 9.17) is 0 Å². The maximum Gasteiger partial charge on any atom is 0.270 e. The molecule has 3 nitrogen and oxygen atoms in total. The lowest BCUT2D eigenvalue weighted by Crippen LogP contribution is -2.25. The van der Waals surface area contributed by atoms with Gasteiger partial charge in [0.05, 0.1) is 0 Å². The minimum Gasteiger partial charge on any atom is -0.343 e. The van der Waals surface area contributed by atoms with Gasteiger partial charge in [-0.2, -0.15) is 0 Å². The third-order valence-electron chi connectivity index (χ3n) is 3.57. The highest BCUT2D eigenvalue weighted by atomic mass is 16.2. The second-order valence-electron chi connectivity index (χ2n) is 5.20. The van der Waals surface area contributed by atoms with Crippen LogP contribution in [0.4, 0.5) is 0 Å². The highest BCUT2D eigenvalue weighted by Gasteiger charge is 2.20. The molecule has 1 heterocycles. The van der Waals surface area contributed by atoms with Crippen molar-refractivity contribution in [3.8, 4) is 0 Å². The maximum atomic E-state index is 12.4. The fourth-order valence-electron chi connectivity index (χ4n) is 2.51. The molecule has 19 heavy (non-hydrogen) atoms. The Hall–Kier alpha value is -1.77. The number of aromatic nitrogens is 1. The average molecular weight is 258 g/mol. The van der Waals surface area contributed by atoms with Crippen LogP contribution in [-0.4, -0.2) is 29.5 Å². The zero-order valence-corrected chi connectivity index (χ0v) is 12.2. The van der Waals surface area contributed by atoms with Crippen LogP contribution < -0.4 is 0 Å². The van der Waals surface area contributed by atoms with Gasteiger partial charge < -0.3 is 9.47 Å². The van der Waals surface area contributed by atoms with Gasteiger partial charge in [0.1, 0.15) is 5.69 Å². The topological polar surface area (TPSA) is 25.2 Å². The van der Waals surface area contributed by atoms with E-state index >= 15 is 0 Å². The first-order valence-corrected chi connectivity index (χ1v) is 6.87. The van der Waals surface area contributed by atoms with E-state index in [9.17, 15) is 4.79 Å². The lowest BCUT2D eigenvalue weighted by Gasteiger charge is -2.14. The third-order valence-corrected chi connectivity index (χ3v) is 3.57. The van der Waals surface area contributed by atoms with Crippen LogP contribution in [0.25, 0.3) is 10.9 Å². The predicted molar refractivity (Wildman–Crippen MR) is 79.6 cm³/mol. The first-order valence-electron chi connectivity index (χ1n) is 6.87. The Morgan fingerprint density at radius 3 is 2.58 bits per heavy atom. The van der Waals surface area contributed by atoms with Crippen molar-refractivity contribution in [1.82, 2.24) is 9.47 Å². The van der Waals surface area contributed by atoms with Crippen LogP contribution in [-0.2, 0) is 6.54 Å². The normalized spacial score (nSPS) is 10.9. The third kappa shape index (κ3) is 2.37. The standard InChI is InChI=1S/C16H22N2O/c1-5-6-11-18-14-10-8-7-9-13(14)12(2)15(18)16(19)17(3)4/h7-10H,5-6,11H2,1-4H3. The summed E-state index contributed by atoms with van der Waals surface area (Å²) in [5, 5.41) is 1.18. The summed E-state index contributed by atoms with van der Waals surface area (Å²) >= 11 is 0. The summed E-state index contributed by atoms with van der Waals surface area (Å²) in [6.45, 7) is 5.12. The Balaban J connectivity index is 2.65. The Kier molecular flexibility index (Phi) is 3.93. The van der Waals surface area contributed by atoms with Gasteiger partial charge in [0, 0.05) is 31.5 Å². The van der Waals surface area contributed by atoms with Gasteiger partial charge in [-0.25, -0.2) is 0 Å². The molecule has 2 aromatic rings. The fraction of sp³-hybridized carbons (Fsp3) is 0.438. The Morgan fingerprint density at radius 1 is 1.26 bits per heavy atom. The van der Waals surface area contributed by atoms with Crippen molar-refractivity contribution in [1.29, 1.82) is 0 Å². The molecule has 102 valence electrons. The number of nitrogens with zero attached hydrogens (tertiary/aromatic N) is 2. The molecular weight excluding hydrogens is 236 g/mol. The number of unbranched alkanes of at least 4 members (excludes halogenated alkanes) is 1. The van der Waals surface area contributed by atoms with Gasteiger partial charge in [-0.3, -0.25) is 4.79 Å². The maximum absolute atomic E-state index is 12.4. The molecule has 0 unspecified atom stereocenters. The van der Waals surface area contributed by atoms with E-state index in [1.807, 2.05) is 33.2 Å². The molecule has 0 spiro atoms. The lowest BCUT2D eigenvalue weighted by atomic mass is 10.1. The first-order chi connectivity index (χ1) is 9.07. The molecule has 0 saturated carbocycles. The molecule has 1 aromatic carbocycles. The van der Waals surface area contributed by atoms with Gasteiger partial charge in [0.15, 0.2) is 0 Å². The average Bonchev–Trinajstić information content (AvgIpc) is 2.69. The molecule has 1 aromatic heterocycles. The van der Waals surface area contributed by atoms with Crippen LogP contribution in [0.2, 0.25) is 0 Å². The summed E-state index contributed by atoms with van der Waals surface area (Å²) in [5.41, 5.74) is 3.09. The molecule has 1 amide bonds. The summed E-state index contributed by atoms with van der Waals surface area (Å²) in [4.78, 5) is 14.1. The summed E-state index contributed by atoms with van der Waals surface area (Å²) < 4.78 is 2.18. The number of carbonyl (C=O) groups is 1. The molecule has 2 rings (SSSR count). The molecule has 0 radical (unpaired) electrons. The van der Waals surface area contributed by atoms with Gasteiger partial charge in [-0.1, -0.05) is 31.5 Å². The summed E-state index contributed by atoms with van der Waals surface area (Å²) in [5.74, 6) is 0.0878. The number of para-hydroxylation sites is 1. The van der Waals surface area contributed by atoms with Crippen LogP contribution in [0.3, 0.4) is 0 Å². The number of carbonyl (C=O) groups excluding carboxylic acids is 1. The van der Waals surface area contributed by atoms with Crippen molar-refractivity contribution in [3.05, 3.63) is 35.5 Å². The van der Waals surface area contributed by atoms with E-state index in [-0.39, 0.29) is 5.91 Å². The first kappa shape index (κ1) is 13.7. The van der Waals surface area contributed by atoms with E-state index < -0.39 is 0 Å². The van der Waals surface area contributed by atoms with Crippen molar-refractivity contribution in [2.24, 2.45) is 0 Å². The number of hydrogen-bond donors (Lipinski definition) is 0. The van der Waals surface area contributed by atoms with E-state index in [1.54, 1.807) is 4.90 Å². The number of aryl methyl sites for hydroxylation is 2. The molecule has 0 bridgehead atoms. The van der Waals surface area contributed by atoms with Gasteiger partial charge in [0.2, 0.25) is 0 Å². The van der Waals surface area contributed by atoms with Crippen LogP contribution in [0.5, 0.6) is 0 Å². The SMILES string of the molecule is CCCCn1c(C(=O)N(C)C)c(C)c2ccccc21. The Bertz CT molecular complexity index is 596. The quantitative estimate of drug-likeness (QED) is 0.824. The number of benzene rings is 1. The fourth-order valence-corrected chi connectivity index (χ4v) is 2.51. The van der Waals surface area contributed by atoms with Crippen LogP contribution in [0.1, 0.15) is 35.8 Å². The Morgan fingerprint density at radius 2 is 1.95 bits per heavy atom. The zero-order chi connectivity index (χ0) is 14.0. The Labute approximate surface area is 114 Å². The second-order valence-corrected chi connectivity index (χ2v) is 5.20. The second kappa shape index (κ2) is 5.47. The van der Waals surface area contributed by atoms with Crippen molar-refractivity contribution < 1.29 is 4.79 Å². The van der Waals surface area contributed by atoms with Gasteiger partial charge in [-0.05, 0) is 25.0 Å². The molecule has 0 aliphatic heterocycles. The highest BCUT2D eigenvalue weighted by Crippen LogP contribution is 2.26. The monoisotopic (exact) mass is 258 g/mol. The molecule has 3 heteroatoms. The largest absolute Gasteiger partial charge is 0.343 e. The van der Waals surface area contributed by atoms with E-state index in [0.717, 1.165) is 30.6 Å². The number of hydrogen-bond acceptors (Lipinski definition) is 1. The van der Waals surface area contributed by atoms with Crippen molar-refractivity contribution in [2.75, 3.05) is 14.1 Å². The predicted octanol–water partition coefficient (Wildman–Crippen LogP) is 3.45.